The maximum atomic E-state index is 4.46. The monoisotopic (exact) mass is 340 g/mol. The number of rotatable bonds is 5. The van der Waals surface area contributed by atoms with Crippen molar-refractivity contribution in [2.24, 2.45) is 18.0 Å². The van der Waals surface area contributed by atoms with Gasteiger partial charge in [-0.3, -0.25) is 14.7 Å². The van der Waals surface area contributed by atoms with Crippen molar-refractivity contribution in [1.82, 2.24) is 25.0 Å². The summed E-state index contributed by atoms with van der Waals surface area (Å²) in [4.78, 5) is 11.2. The molecule has 0 amide bonds. The average molecular weight is 340 g/mol. The van der Waals surface area contributed by atoms with Crippen molar-refractivity contribution in [3.63, 3.8) is 0 Å². The van der Waals surface area contributed by atoms with E-state index in [-0.39, 0.29) is 0 Å². The van der Waals surface area contributed by atoms with Gasteiger partial charge < -0.3 is 10.2 Å². The minimum atomic E-state index is 0.670. The van der Waals surface area contributed by atoms with Gasteiger partial charge in [-0.2, -0.15) is 5.10 Å². The van der Waals surface area contributed by atoms with Crippen molar-refractivity contribution < 1.29 is 0 Å². The molecule has 6 heteroatoms. The van der Waals surface area contributed by atoms with E-state index in [1.807, 2.05) is 38.1 Å². The second-order valence-corrected chi connectivity index (χ2v) is 6.86. The summed E-state index contributed by atoms with van der Waals surface area (Å²) in [6.07, 6.45) is 9.31. The Morgan fingerprint density at radius 2 is 2.20 bits per heavy atom. The summed E-state index contributed by atoms with van der Waals surface area (Å²) >= 11 is 0. The Balaban J connectivity index is 1.46. The average Bonchev–Trinajstić information content (AvgIpc) is 3.23. The molecule has 25 heavy (non-hydrogen) atoms. The highest BCUT2D eigenvalue weighted by Crippen LogP contribution is 2.20. The Morgan fingerprint density at radius 1 is 1.32 bits per heavy atom. The maximum absolute atomic E-state index is 4.46. The van der Waals surface area contributed by atoms with Crippen LogP contribution in [0.25, 0.3) is 0 Å². The van der Waals surface area contributed by atoms with Crippen molar-refractivity contribution in [3.8, 4) is 0 Å². The molecule has 1 unspecified atom stereocenters. The zero-order valence-corrected chi connectivity index (χ0v) is 15.4. The number of nitrogens with one attached hydrogen (secondary N) is 1. The molecular formula is C19H28N6. The van der Waals surface area contributed by atoms with Gasteiger partial charge in [-0.15, -0.1) is 0 Å². The van der Waals surface area contributed by atoms with Crippen LogP contribution in [0.3, 0.4) is 0 Å². The molecule has 2 aromatic heterocycles. The first-order chi connectivity index (χ1) is 12.1. The maximum Gasteiger partial charge on any atom is 0.193 e. The zero-order valence-electron chi connectivity index (χ0n) is 15.4. The molecule has 1 aliphatic rings. The summed E-state index contributed by atoms with van der Waals surface area (Å²) in [6.45, 7) is 5.01. The highest BCUT2D eigenvalue weighted by atomic mass is 15.3. The van der Waals surface area contributed by atoms with Gasteiger partial charge in [0.05, 0.1) is 6.20 Å². The van der Waals surface area contributed by atoms with E-state index in [1.165, 1.54) is 17.5 Å². The fraction of sp³-hybridized carbons (Fsp3) is 0.526. The van der Waals surface area contributed by atoms with E-state index in [0.717, 1.165) is 44.1 Å². The molecule has 3 heterocycles. The van der Waals surface area contributed by atoms with Crippen LogP contribution in [0.1, 0.15) is 23.2 Å². The lowest BCUT2D eigenvalue weighted by molar-refractivity contribution is 0.460. The number of pyridine rings is 1. The van der Waals surface area contributed by atoms with Crippen molar-refractivity contribution in [3.05, 3.63) is 47.5 Å². The minimum Gasteiger partial charge on any atom is -0.356 e. The van der Waals surface area contributed by atoms with Crippen molar-refractivity contribution in [2.45, 2.75) is 26.2 Å². The Bertz CT molecular complexity index is 703. The molecule has 0 aliphatic carbocycles. The summed E-state index contributed by atoms with van der Waals surface area (Å²) < 4.78 is 1.88. The lowest BCUT2D eigenvalue weighted by Crippen LogP contribution is -2.41. The number of guanidine groups is 1. The van der Waals surface area contributed by atoms with Crippen molar-refractivity contribution >= 4 is 5.96 Å². The van der Waals surface area contributed by atoms with Gasteiger partial charge in [0.25, 0.3) is 0 Å². The molecule has 1 fully saturated rings. The first-order valence-corrected chi connectivity index (χ1v) is 8.98. The first kappa shape index (κ1) is 17.5. The number of aliphatic imine (C=N–C) groups is 1. The molecular weight excluding hydrogens is 312 g/mol. The van der Waals surface area contributed by atoms with Crippen LogP contribution in [-0.4, -0.2) is 52.3 Å². The SMILES string of the molecule is CN=C(NCCc1ccc(C)nc1)N1CCC(Cc2cnn(C)c2)C1. The van der Waals surface area contributed by atoms with Crippen LogP contribution in [0.4, 0.5) is 0 Å². The molecule has 1 atom stereocenters. The van der Waals surface area contributed by atoms with Gasteiger partial charge in [0.1, 0.15) is 0 Å². The lowest BCUT2D eigenvalue weighted by Gasteiger charge is -2.21. The Labute approximate surface area is 150 Å². The molecule has 1 N–H and O–H groups in total. The fourth-order valence-corrected chi connectivity index (χ4v) is 3.40. The van der Waals surface area contributed by atoms with E-state index in [2.05, 4.69) is 43.6 Å². The predicted octanol–water partition coefficient (Wildman–Crippen LogP) is 1.81. The number of aromatic nitrogens is 3. The van der Waals surface area contributed by atoms with Crippen LogP contribution < -0.4 is 5.32 Å². The fourth-order valence-electron chi connectivity index (χ4n) is 3.40. The smallest absolute Gasteiger partial charge is 0.193 e. The first-order valence-electron chi connectivity index (χ1n) is 8.98. The van der Waals surface area contributed by atoms with Crippen LogP contribution in [0, 0.1) is 12.8 Å². The van der Waals surface area contributed by atoms with Crippen LogP contribution in [-0.2, 0) is 19.9 Å². The molecule has 3 rings (SSSR count). The number of nitrogens with zero attached hydrogens (tertiary/aromatic N) is 5. The highest BCUT2D eigenvalue weighted by Gasteiger charge is 2.25. The van der Waals surface area contributed by atoms with E-state index >= 15 is 0 Å². The highest BCUT2D eigenvalue weighted by molar-refractivity contribution is 5.80. The molecule has 1 aliphatic heterocycles. The van der Waals surface area contributed by atoms with Crippen LogP contribution >= 0.6 is 0 Å². The summed E-state index contributed by atoms with van der Waals surface area (Å²) in [5.74, 6) is 1.68. The third kappa shape index (κ3) is 4.81. The van der Waals surface area contributed by atoms with Crippen molar-refractivity contribution in [1.29, 1.82) is 0 Å². The third-order valence-corrected chi connectivity index (χ3v) is 4.75. The second-order valence-electron chi connectivity index (χ2n) is 6.86. The van der Waals surface area contributed by atoms with Gasteiger partial charge in [0.2, 0.25) is 0 Å². The molecule has 0 saturated carbocycles. The largest absolute Gasteiger partial charge is 0.356 e. The van der Waals surface area contributed by atoms with E-state index in [1.54, 1.807) is 0 Å². The van der Waals surface area contributed by atoms with Crippen LogP contribution in [0.15, 0.2) is 35.7 Å². The third-order valence-electron chi connectivity index (χ3n) is 4.75. The topological polar surface area (TPSA) is 58.3 Å². The number of likely N-dealkylation sites (tertiary alicyclic amines) is 1. The van der Waals surface area contributed by atoms with Gasteiger partial charge in [0.15, 0.2) is 5.96 Å². The van der Waals surface area contributed by atoms with Gasteiger partial charge in [-0.25, -0.2) is 0 Å². The molecule has 1 saturated heterocycles. The van der Waals surface area contributed by atoms with Crippen molar-refractivity contribution in [2.75, 3.05) is 26.7 Å². The molecule has 134 valence electrons. The Hall–Kier alpha value is -2.37. The van der Waals surface area contributed by atoms with Gasteiger partial charge in [-0.1, -0.05) is 6.07 Å². The summed E-state index contributed by atoms with van der Waals surface area (Å²) in [5, 5.41) is 7.76. The standard InChI is InChI=1S/C19H28N6/c1-15-4-5-16(11-22-15)6-8-21-19(20-2)25-9-7-17(14-25)10-18-12-23-24(3)13-18/h4-5,11-13,17H,6-10,14H2,1-3H3,(H,20,21). The summed E-state index contributed by atoms with van der Waals surface area (Å²) in [6, 6.07) is 4.21. The molecule has 6 nitrogen and oxygen atoms in total. The molecule has 0 spiro atoms. The van der Waals surface area contributed by atoms with Crippen LogP contribution in [0.2, 0.25) is 0 Å². The van der Waals surface area contributed by atoms with Gasteiger partial charge in [0, 0.05) is 51.8 Å². The van der Waals surface area contributed by atoms with E-state index in [4.69, 9.17) is 0 Å². The molecule has 2 aromatic rings. The Kier molecular flexibility index (Phi) is 5.68. The molecule has 0 bridgehead atoms. The summed E-state index contributed by atoms with van der Waals surface area (Å²) in [7, 11) is 3.84. The number of hydrogen-bond acceptors (Lipinski definition) is 3. The molecule has 0 radical (unpaired) electrons. The van der Waals surface area contributed by atoms with Gasteiger partial charge >= 0.3 is 0 Å². The number of hydrogen-bond donors (Lipinski definition) is 1. The normalized spacial score (nSPS) is 18.0. The number of aryl methyl sites for hydroxylation is 2. The lowest BCUT2D eigenvalue weighted by atomic mass is 10.0. The molecule has 0 aromatic carbocycles. The van der Waals surface area contributed by atoms with E-state index < -0.39 is 0 Å². The quantitative estimate of drug-likeness (QED) is 0.666. The van der Waals surface area contributed by atoms with Crippen LogP contribution in [0.5, 0.6) is 0 Å². The predicted molar refractivity (Wildman–Crippen MR) is 101 cm³/mol. The van der Waals surface area contributed by atoms with E-state index in [0.29, 0.717) is 5.92 Å². The minimum absolute atomic E-state index is 0.670. The van der Waals surface area contributed by atoms with E-state index in [9.17, 15) is 0 Å². The summed E-state index contributed by atoms with van der Waals surface area (Å²) in [5.41, 5.74) is 3.64. The second kappa shape index (κ2) is 8.14. The zero-order chi connectivity index (χ0) is 17.6. The van der Waals surface area contributed by atoms with Gasteiger partial charge in [-0.05, 0) is 49.3 Å². The Morgan fingerprint density at radius 3 is 2.88 bits per heavy atom.